The molecule has 138 valence electrons. The number of hydrogen-bond acceptors (Lipinski definition) is 3. The van der Waals surface area contributed by atoms with E-state index in [1.807, 2.05) is 72.8 Å². The maximum absolute atomic E-state index is 13.1. The van der Waals surface area contributed by atoms with E-state index in [0.717, 1.165) is 18.5 Å². The van der Waals surface area contributed by atoms with Crippen LogP contribution in [0, 0.1) is 0 Å². The van der Waals surface area contributed by atoms with Crippen LogP contribution in [0.3, 0.4) is 0 Å². The molecule has 0 aliphatic carbocycles. The molecule has 3 aromatic carbocycles. The summed E-state index contributed by atoms with van der Waals surface area (Å²) in [6.45, 7) is 0.718. The first kappa shape index (κ1) is 19.2. The number of Topliss-reactive ketones (excluding diaryl/α,β-unsaturated/α-hetero) is 1. The lowest BCUT2D eigenvalue weighted by atomic mass is 9.91. The van der Waals surface area contributed by atoms with E-state index in [1.165, 1.54) is 5.56 Å². The van der Waals surface area contributed by atoms with Crippen LogP contribution in [0.15, 0.2) is 84.9 Å². The third-order valence-corrected chi connectivity index (χ3v) is 4.74. The van der Waals surface area contributed by atoms with Crippen LogP contribution in [0.25, 0.3) is 0 Å². The van der Waals surface area contributed by atoms with Gasteiger partial charge in [0.15, 0.2) is 5.78 Å². The number of rotatable bonds is 5. The number of ketones is 1. The second kappa shape index (κ2) is 8.85. The highest BCUT2D eigenvalue weighted by atomic mass is 35.5. The average Bonchev–Trinajstić information content (AvgIpc) is 2.71. The maximum atomic E-state index is 13.1. The summed E-state index contributed by atoms with van der Waals surface area (Å²) in [5.41, 5.74) is 2.91. The number of carbonyl (C=O) groups is 1. The van der Waals surface area contributed by atoms with Crippen molar-refractivity contribution in [3.63, 3.8) is 0 Å². The number of carbonyl (C=O) groups excluding carboxylic acids is 1. The first-order valence-corrected chi connectivity index (χ1v) is 8.95. The summed E-state index contributed by atoms with van der Waals surface area (Å²) in [6.07, 6.45) is 0.544. The smallest absolute Gasteiger partial charge is 0.187 e. The summed E-state index contributed by atoms with van der Waals surface area (Å²) in [7, 11) is 0. The molecule has 0 radical (unpaired) electrons. The van der Waals surface area contributed by atoms with Crippen molar-refractivity contribution in [2.75, 3.05) is 6.54 Å². The Kier molecular flexibility index (Phi) is 6.28. The van der Waals surface area contributed by atoms with Gasteiger partial charge < -0.3 is 10.1 Å². The predicted octanol–water partition coefficient (Wildman–Crippen LogP) is 4.63. The Morgan fingerprint density at radius 1 is 0.815 bits per heavy atom. The molecule has 4 heteroatoms. The quantitative estimate of drug-likeness (QED) is 0.702. The number of ether oxygens (including phenoxy) is 1. The first-order valence-electron chi connectivity index (χ1n) is 8.95. The molecule has 1 aliphatic heterocycles. The fraction of sp³-hybridized carbons (Fsp3) is 0.174. The molecule has 0 unspecified atom stereocenters. The summed E-state index contributed by atoms with van der Waals surface area (Å²) >= 11 is 0. The fourth-order valence-electron chi connectivity index (χ4n) is 3.40. The molecule has 0 bridgehead atoms. The van der Waals surface area contributed by atoms with Gasteiger partial charge >= 0.3 is 0 Å². The van der Waals surface area contributed by atoms with Gasteiger partial charge in [-0.2, -0.15) is 0 Å². The van der Waals surface area contributed by atoms with Gasteiger partial charge in [-0.25, -0.2) is 0 Å². The minimum atomic E-state index is -0.393. The third kappa shape index (κ3) is 4.21. The van der Waals surface area contributed by atoms with Crippen molar-refractivity contribution >= 4 is 18.2 Å². The molecule has 1 N–H and O–H groups in total. The normalized spacial score (nSPS) is 18.1. The summed E-state index contributed by atoms with van der Waals surface area (Å²) in [5.74, 6) is 0.751. The van der Waals surface area contributed by atoms with Crippen LogP contribution >= 0.6 is 12.4 Å². The Labute approximate surface area is 165 Å². The Bertz CT molecular complexity index is 883. The van der Waals surface area contributed by atoms with Crippen molar-refractivity contribution < 1.29 is 9.53 Å². The van der Waals surface area contributed by atoms with Crippen LogP contribution in [0.5, 0.6) is 5.75 Å². The van der Waals surface area contributed by atoms with E-state index in [1.54, 1.807) is 0 Å². The van der Waals surface area contributed by atoms with E-state index >= 15 is 0 Å². The highest BCUT2D eigenvalue weighted by Crippen LogP contribution is 2.34. The van der Waals surface area contributed by atoms with Gasteiger partial charge in [0, 0.05) is 0 Å². The Hall–Kier alpha value is -2.62. The molecule has 0 saturated carbocycles. The van der Waals surface area contributed by atoms with Crippen molar-refractivity contribution in [3.8, 4) is 5.75 Å². The number of para-hydroxylation sites is 1. The van der Waals surface area contributed by atoms with Gasteiger partial charge in [0.2, 0.25) is 0 Å². The topological polar surface area (TPSA) is 38.3 Å². The van der Waals surface area contributed by atoms with Crippen molar-refractivity contribution in [1.29, 1.82) is 0 Å². The van der Waals surface area contributed by atoms with Gasteiger partial charge in [-0.3, -0.25) is 4.79 Å². The lowest BCUT2D eigenvalue weighted by Crippen LogP contribution is -2.47. The summed E-state index contributed by atoms with van der Waals surface area (Å²) in [6, 6.07) is 27.3. The zero-order chi connectivity index (χ0) is 17.8. The maximum Gasteiger partial charge on any atom is 0.187 e. The average molecular weight is 380 g/mol. The predicted molar refractivity (Wildman–Crippen MR) is 110 cm³/mol. The lowest BCUT2D eigenvalue weighted by molar-refractivity contribution is 0.0736. The van der Waals surface area contributed by atoms with E-state index in [-0.39, 0.29) is 24.3 Å². The molecule has 0 saturated heterocycles. The van der Waals surface area contributed by atoms with Crippen LogP contribution in [0.1, 0.15) is 27.6 Å². The first-order chi connectivity index (χ1) is 12.8. The van der Waals surface area contributed by atoms with Gasteiger partial charge in [-0.15, -0.1) is 12.4 Å². The van der Waals surface area contributed by atoms with Crippen LogP contribution in [-0.4, -0.2) is 18.4 Å². The van der Waals surface area contributed by atoms with Crippen LogP contribution in [-0.2, 0) is 6.42 Å². The molecule has 0 spiro atoms. The fourth-order valence-corrected chi connectivity index (χ4v) is 3.40. The monoisotopic (exact) mass is 379 g/mol. The molecule has 0 fully saturated rings. The number of fused-ring (bicyclic) bond motifs is 1. The number of hydrogen-bond donors (Lipinski definition) is 1. The summed E-state index contributed by atoms with van der Waals surface area (Å²) in [5, 5.41) is 3.43. The molecule has 0 amide bonds. The molecule has 4 rings (SSSR count). The van der Waals surface area contributed by atoms with Gasteiger partial charge in [0.1, 0.15) is 17.9 Å². The number of nitrogens with one attached hydrogen (secondary N) is 1. The number of halogens is 1. The van der Waals surface area contributed by atoms with E-state index in [4.69, 9.17) is 4.74 Å². The second-order valence-corrected chi connectivity index (χ2v) is 6.48. The number of benzene rings is 3. The largest absolute Gasteiger partial charge is 0.483 e. The van der Waals surface area contributed by atoms with Crippen molar-refractivity contribution in [3.05, 3.63) is 102 Å². The molecular weight excluding hydrogens is 358 g/mol. The molecule has 0 aromatic heterocycles. The standard InChI is InChI=1S/C23H21NO2.ClH/c25-22-19-13-7-8-14-20(19)26-23(18-11-5-2-6-12-18)21(22)24-16-15-17-9-3-1-4-10-17;/h1-14,21,23-24H,15-16H2;1H/t21-,23+;/m1./s1. The molecular formula is C23H22ClNO2. The highest BCUT2D eigenvalue weighted by molar-refractivity contribution is 6.03. The van der Waals surface area contributed by atoms with Crippen LogP contribution < -0.4 is 10.1 Å². The Balaban J connectivity index is 0.00000210. The Morgan fingerprint density at radius 2 is 1.44 bits per heavy atom. The van der Waals surface area contributed by atoms with Crippen molar-refractivity contribution in [1.82, 2.24) is 5.32 Å². The molecule has 1 aliphatic rings. The van der Waals surface area contributed by atoms with Gasteiger partial charge in [0.05, 0.1) is 5.56 Å². The SMILES string of the molecule is Cl.O=C1c2ccccc2O[C@@H](c2ccccc2)[C@@H]1NCCc1ccccc1. The summed E-state index contributed by atoms with van der Waals surface area (Å²) in [4.78, 5) is 13.1. The minimum absolute atomic E-state index is 0. The molecule has 3 aromatic rings. The molecule has 3 nitrogen and oxygen atoms in total. The Morgan fingerprint density at radius 3 is 2.19 bits per heavy atom. The lowest BCUT2D eigenvalue weighted by Gasteiger charge is -2.33. The van der Waals surface area contributed by atoms with Crippen LogP contribution in [0.2, 0.25) is 0 Å². The third-order valence-electron chi connectivity index (χ3n) is 4.74. The van der Waals surface area contributed by atoms with E-state index in [9.17, 15) is 4.79 Å². The minimum Gasteiger partial charge on any atom is -0.483 e. The molecule has 1 heterocycles. The summed E-state index contributed by atoms with van der Waals surface area (Å²) < 4.78 is 6.22. The molecule has 27 heavy (non-hydrogen) atoms. The second-order valence-electron chi connectivity index (χ2n) is 6.48. The van der Waals surface area contributed by atoms with Crippen molar-refractivity contribution in [2.45, 2.75) is 18.6 Å². The zero-order valence-corrected chi connectivity index (χ0v) is 15.7. The van der Waals surface area contributed by atoms with Gasteiger partial charge in [0.25, 0.3) is 0 Å². The van der Waals surface area contributed by atoms with E-state index < -0.39 is 6.04 Å². The van der Waals surface area contributed by atoms with Crippen molar-refractivity contribution in [2.24, 2.45) is 0 Å². The van der Waals surface area contributed by atoms with Crippen LogP contribution in [0.4, 0.5) is 0 Å². The zero-order valence-electron chi connectivity index (χ0n) is 14.9. The highest BCUT2D eigenvalue weighted by Gasteiger charge is 2.37. The van der Waals surface area contributed by atoms with Gasteiger partial charge in [-0.1, -0.05) is 72.8 Å². The van der Waals surface area contributed by atoms with E-state index in [2.05, 4.69) is 17.4 Å². The van der Waals surface area contributed by atoms with E-state index in [0.29, 0.717) is 11.3 Å². The van der Waals surface area contributed by atoms with Gasteiger partial charge in [-0.05, 0) is 36.2 Å². The molecule has 2 atom stereocenters.